The van der Waals surface area contributed by atoms with Crippen LogP contribution in [-0.2, 0) is 0 Å². The van der Waals surface area contributed by atoms with E-state index < -0.39 is 0 Å². The Balaban J connectivity index is 2.27. The first-order chi connectivity index (χ1) is 9.38. The summed E-state index contributed by atoms with van der Waals surface area (Å²) in [7, 11) is 0. The Kier molecular flexibility index (Phi) is 4.53. The number of nitrogens with one attached hydrogen (secondary N) is 1. The molecule has 2 aromatic carbocycles. The molecular formula is C14H12Cl3NO2. The van der Waals surface area contributed by atoms with Gasteiger partial charge < -0.3 is 15.5 Å². The number of halogens is 3. The average Bonchev–Trinajstić information content (AvgIpc) is 2.35. The van der Waals surface area contributed by atoms with Crippen molar-refractivity contribution in [1.82, 2.24) is 0 Å². The van der Waals surface area contributed by atoms with Crippen molar-refractivity contribution in [3.05, 3.63) is 51.0 Å². The van der Waals surface area contributed by atoms with Crippen LogP contribution in [0, 0.1) is 0 Å². The zero-order chi connectivity index (χ0) is 14.9. The van der Waals surface area contributed by atoms with Gasteiger partial charge in [-0.3, -0.25) is 0 Å². The Labute approximate surface area is 131 Å². The highest BCUT2D eigenvalue weighted by Crippen LogP contribution is 2.36. The first-order valence-corrected chi connectivity index (χ1v) is 6.95. The van der Waals surface area contributed by atoms with Crippen LogP contribution in [0.2, 0.25) is 15.1 Å². The molecule has 0 saturated carbocycles. The maximum absolute atomic E-state index is 9.83. The van der Waals surface area contributed by atoms with Crippen LogP contribution in [0.5, 0.6) is 11.5 Å². The molecule has 3 nitrogen and oxygen atoms in total. The maximum atomic E-state index is 9.83. The van der Waals surface area contributed by atoms with Crippen LogP contribution < -0.4 is 5.32 Å². The molecule has 0 amide bonds. The first kappa shape index (κ1) is 15.1. The SMILES string of the molecule is CC(Nc1cc(Cl)c(Cl)cc1Cl)c1ccc(O)cc1O. The van der Waals surface area contributed by atoms with Crippen molar-refractivity contribution in [1.29, 1.82) is 0 Å². The highest BCUT2D eigenvalue weighted by atomic mass is 35.5. The third-order valence-corrected chi connectivity index (χ3v) is 3.90. The van der Waals surface area contributed by atoms with Crippen molar-refractivity contribution in [2.75, 3.05) is 5.32 Å². The summed E-state index contributed by atoms with van der Waals surface area (Å²) in [5.74, 6) is 0.00667. The molecule has 0 bridgehead atoms. The predicted octanol–water partition coefficient (Wildman–Crippen LogP) is 5.23. The molecule has 0 aliphatic carbocycles. The standard InChI is InChI=1S/C14H12Cl3NO2/c1-7(9-3-2-8(19)4-14(9)20)18-13-6-11(16)10(15)5-12(13)17/h2-7,18-20H,1H3. The van der Waals surface area contributed by atoms with E-state index in [1.54, 1.807) is 18.2 Å². The van der Waals surface area contributed by atoms with Gasteiger partial charge in [-0.25, -0.2) is 0 Å². The Morgan fingerprint density at radius 3 is 2.25 bits per heavy atom. The number of anilines is 1. The summed E-state index contributed by atoms with van der Waals surface area (Å²) in [5.41, 5.74) is 1.24. The molecule has 0 fully saturated rings. The van der Waals surface area contributed by atoms with E-state index in [9.17, 15) is 10.2 Å². The molecule has 0 aromatic heterocycles. The van der Waals surface area contributed by atoms with Gasteiger partial charge in [0.1, 0.15) is 11.5 Å². The molecule has 0 heterocycles. The van der Waals surface area contributed by atoms with Gasteiger partial charge in [-0.15, -0.1) is 0 Å². The van der Waals surface area contributed by atoms with Crippen LogP contribution in [0.1, 0.15) is 18.5 Å². The van der Waals surface area contributed by atoms with Gasteiger partial charge in [-0.1, -0.05) is 34.8 Å². The number of rotatable bonds is 3. The molecule has 0 radical (unpaired) electrons. The van der Waals surface area contributed by atoms with Crippen molar-refractivity contribution < 1.29 is 10.2 Å². The van der Waals surface area contributed by atoms with Gasteiger partial charge in [0.25, 0.3) is 0 Å². The smallest absolute Gasteiger partial charge is 0.124 e. The molecule has 6 heteroatoms. The molecule has 2 rings (SSSR count). The largest absolute Gasteiger partial charge is 0.508 e. The minimum Gasteiger partial charge on any atom is -0.508 e. The number of hydrogen-bond acceptors (Lipinski definition) is 3. The van der Waals surface area contributed by atoms with Crippen molar-refractivity contribution in [3.8, 4) is 11.5 Å². The van der Waals surface area contributed by atoms with Crippen molar-refractivity contribution in [2.24, 2.45) is 0 Å². The van der Waals surface area contributed by atoms with Gasteiger partial charge in [0.2, 0.25) is 0 Å². The van der Waals surface area contributed by atoms with Crippen molar-refractivity contribution >= 4 is 40.5 Å². The number of hydrogen-bond donors (Lipinski definition) is 3. The van der Waals surface area contributed by atoms with Gasteiger partial charge in [0.15, 0.2) is 0 Å². The summed E-state index contributed by atoms with van der Waals surface area (Å²) in [5, 5.41) is 23.5. The lowest BCUT2D eigenvalue weighted by atomic mass is 10.1. The van der Waals surface area contributed by atoms with Crippen LogP contribution in [0.4, 0.5) is 5.69 Å². The topological polar surface area (TPSA) is 52.5 Å². The average molecular weight is 333 g/mol. The number of aromatic hydroxyl groups is 2. The van der Waals surface area contributed by atoms with Crippen LogP contribution in [-0.4, -0.2) is 10.2 Å². The number of phenolic OH excluding ortho intramolecular Hbond substituents is 2. The van der Waals surface area contributed by atoms with E-state index in [-0.39, 0.29) is 17.5 Å². The van der Waals surface area contributed by atoms with E-state index in [1.807, 2.05) is 6.92 Å². The molecule has 2 aromatic rings. The van der Waals surface area contributed by atoms with Crippen LogP contribution >= 0.6 is 34.8 Å². The van der Waals surface area contributed by atoms with Crippen molar-refractivity contribution in [2.45, 2.75) is 13.0 Å². The Hall–Kier alpha value is -1.29. The molecule has 20 heavy (non-hydrogen) atoms. The summed E-state index contributed by atoms with van der Waals surface area (Å²) >= 11 is 17.9. The van der Waals surface area contributed by atoms with Gasteiger partial charge >= 0.3 is 0 Å². The Morgan fingerprint density at radius 2 is 1.60 bits per heavy atom. The highest BCUT2D eigenvalue weighted by molar-refractivity contribution is 6.44. The van der Waals surface area contributed by atoms with Gasteiger partial charge in [-0.05, 0) is 31.2 Å². The zero-order valence-electron chi connectivity index (χ0n) is 10.5. The second-order valence-electron chi connectivity index (χ2n) is 4.36. The monoisotopic (exact) mass is 331 g/mol. The number of phenols is 2. The summed E-state index contributed by atoms with van der Waals surface area (Å²) in [4.78, 5) is 0. The van der Waals surface area contributed by atoms with Crippen molar-refractivity contribution in [3.63, 3.8) is 0 Å². The fraction of sp³-hybridized carbons (Fsp3) is 0.143. The Morgan fingerprint density at radius 1 is 0.950 bits per heavy atom. The van der Waals surface area contributed by atoms with E-state index in [0.717, 1.165) is 0 Å². The summed E-state index contributed by atoms with van der Waals surface area (Å²) in [6, 6.07) is 7.36. The lowest BCUT2D eigenvalue weighted by Crippen LogP contribution is -2.07. The summed E-state index contributed by atoms with van der Waals surface area (Å²) in [6.07, 6.45) is 0. The van der Waals surface area contributed by atoms with E-state index in [4.69, 9.17) is 34.8 Å². The normalized spacial score (nSPS) is 12.2. The summed E-state index contributed by atoms with van der Waals surface area (Å²) < 4.78 is 0. The highest BCUT2D eigenvalue weighted by Gasteiger charge is 2.13. The second kappa shape index (κ2) is 6.00. The van der Waals surface area contributed by atoms with Gasteiger partial charge in [0.05, 0.1) is 26.8 Å². The lowest BCUT2D eigenvalue weighted by Gasteiger charge is -2.18. The minimum absolute atomic E-state index is 0.00110. The van der Waals surface area contributed by atoms with E-state index in [2.05, 4.69) is 5.32 Å². The first-order valence-electron chi connectivity index (χ1n) is 5.81. The van der Waals surface area contributed by atoms with Crippen LogP contribution in [0.15, 0.2) is 30.3 Å². The predicted molar refractivity (Wildman–Crippen MR) is 83.3 cm³/mol. The second-order valence-corrected chi connectivity index (χ2v) is 5.58. The Bertz CT molecular complexity index is 647. The van der Waals surface area contributed by atoms with Crippen LogP contribution in [0.25, 0.3) is 0 Å². The lowest BCUT2D eigenvalue weighted by molar-refractivity contribution is 0.444. The fourth-order valence-corrected chi connectivity index (χ4v) is 2.44. The van der Waals surface area contributed by atoms with Gasteiger partial charge in [0, 0.05) is 11.6 Å². The molecule has 1 unspecified atom stereocenters. The third kappa shape index (κ3) is 3.23. The molecule has 1 atom stereocenters. The van der Waals surface area contributed by atoms with Gasteiger partial charge in [-0.2, -0.15) is 0 Å². The number of benzene rings is 2. The van der Waals surface area contributed by atoms with E-state index in [0.29, 0.717) is 26.3 Å². The molecule has 3 N–H and O–H groups in total. The molecule has 0 aliphatic heterocycles. The minimum atomic E-state index is -0.231. The third-order valence-electron chi connectivity index (χ3n) is 2.86. The molecular weight excluding hydrogens is 321 g/mol. The molecule has 0 saturated heterocycles. The van der Waals surface area contributed by atoms with E-state index in [1.165, 1.54) is 12.1 Å². The van der Waals surface area contributed by atoms with Crippen LogP contribution in [0.3, 0.4) is 0 Å². The summed E-state index contributed by atoms with van der Waals surface area (Å²) in [6.45, 7) is 1.85. The van der Waals surface area contributed by atoms with E-state index >= 15 is 0 Å². The zero-order valence-corrected chi connectivity index (χ0v) is 12.8. The quantitative estimate of drug-likeness (QED) is 0.674. The fourth-order valence-electron chi connectivity index (χ4n) is 1.84. The molecule has 106 valence electrons. The maximum Gasteiger partial charge on any atom is 0.124 e. The molecule has 0 aliphatic rings. The molecule has 0 spiro atoms.